The van der Waals surface area contributed by atoms with E-state index in [0.717, 1.165) is 9.13 Å². The second-order valence-corrected chi connectivity index (χ2v) is 9.98. The minimum atomic E-state index is -1.27. The summed E-state index contributed by atoms with van der Waals surface area (Å²) in [5.41, 5.74) is 1.24. The number of carbonyl (C=O) groups is 2. The zero-order valence-corrected chi connectivity index (χ0v) is 23.5. The van der Waals surface area contributed by atoms with Crippen LogP contribution < -0.4 is 14.6 Å². The second kappa shape index (κ2) is 11.3. The van der Waals surface area contributed by atoms with Crippen molar-refractivity contribution < 1.29 is 28.9 Å². The van der Waals surface area contributed by atoms with Crippen molar-refractivity contribution >= 4 is 108 Å². The average molecular weight is 845 g/mol. The van der Waals surface area contributed by atoms with Gasteiger partial charge in [-0.25, -0.2) is 4.79 Å². The molecule has 0 atom stereocenters. The molecule has 0 radical (unpaired) electrons. The van der Waals surface area contributed by atoms with Crippen LogP contribution in [-0.2, 0) is 4.74 Å². The summed E-state index contributed by atoms with van der Waals surface area (Å²) in [5.74, 6) is -0.980. The Morgan fingerprint density at radius 3 is 2.28 bits per heavy atom. The van der Waals surface area contributed by atoms with Gasteiger partial charge in [-0.05, 0) is 114 Å². The Labute approximate surface area is 222 Å². The molecule has 0 aliphatic carbocycles. The van der Waals surface area contributed by atoms with Crippen LogP contribution in [0.1, 0.15) is 26.3 Å². The molecule has 2 aromatic rings. The summed E-state index contributed by atoms with van der Waals surface area (Å²) in [4.78, 5) is 23.9. The van der Waals surface area contributed by atoms with E-state index < -0.39 is 11.9 Å². The molecule has 0 saturated carbocycles. The van der Waals surface area contributed by atoms with Crippen molar-refractivity contribution in [3.8, 4) is 11.5 Å². The number of methoxy groups -OCH3 is 1. The summed E-state index contributed by atoms with van der Waals surface area (Å²) < 4.78 is 18.8. The van der Waals surface area contributed by atoms with Crippen molar-refractivity contribution in [3.63, 3.8) is 0 Å². The molecule has 0 saturated heterocycles. The van der Waals surface area contributed by atoms with E-state index in [1.165, 1.54) is 7.11 Å². The fraction of sp³-hybridized carbons (Fsp3) is 0.158. The van der Waals surface area contributed by atoms with Gasteiger partial charge in [0.2, 0.25) is 0 Å². The number of carboxylic acids is 1. The van der Waals surface area contributed by atoms with E-state index in [1.54, 1.807) is 24.3 Å². The quantitative estimate of drug-likeness (QED) is 0.224. The number of aromatic carboxylic acids is 1. The standard InChI is InChI=1S/C19H14I4O6/c1-3-9-6-10(20)14(13(7-9)27-2)19(26)29-5-4-28-17-12(22)8-11(21)15(16(17)23)18(24)25/h3,6-8H,1,4-5H2,2H3,(H,24,25)/p-1. The monoisotopic (exact) mass is 845 g/mol. The highest BCUT2D eigenvalue weighted by Crippen LogP contribution is 2.33. The summed E-state index contributed by atoms with van der Waals surface area (Å²) in [6.45, 7) is 3.76. The first-order valence-corrected chi connectivity index (χ1v) is 12.2. The zero-order valence-electron chi connectivity index (χ0n) is 14.9. The van der Waals surface area contributed by atoms with E-state index in [9.17, 15) is 14.7 Å². The maximum atomic E-state index is 12.5. The number of hydrogen-bond acceptors (Lipinski definition) is 6. The van der Waals surface area contributed by atoms with E-state index >= 15 is 0 Å². The van der Waals surface area contributed by atoms with Crippen molar-refractivity contribution in [1.82, 2.24) is 0 Å². The van der Waals surface area contributed by atoms with E-state index in [-0.39, 0.29) is 18.8 Å². The molecule has 2 rings (SSSR count). The molecule has 0 aliphatic heterocycles. The largest absolute Gasteiger partial charge is 0.545 e. The first-order chi connectivity index (χ1) is 13.7. The number of carboxylic acid groups (broad SMARTS) is 1. The number of ether oxygens (including phenoxy) is 3. The Morgan fingerprint density at radius 2 is 1.69 bits per heavy atom. The van der Waals surface area contributed by atoms with Crippen LogP contribution in [0, 0.1) is 14.3 Å². The van der Waals surface area contributed by atoms with Crippen LogP contribution in [0.5, 0.6) is 11.5 Å². The Balaban J connectivity index is 2.09. The van der Waals surface area contributed by atoms with Gasteiger partial charge in [-0.3, -0.25) is 0 Å². The fourth-order valence-electron chi connectivity index (χ4n) is 2.32. The lowest BCUT2D eigenvalue weighted by Gasteiger charge is -2.16. The van der Waals surface area contributed by atoms with E-state index in [0.29, 0.717) is 27.8 Å². The minimum Gasteiger partial charge on any atom is -0.545 e. The van der Waals surface area contributed by atoms with Gasteiger partial charge in [-0.15, -0.1) is 0 Å². The van der Waals surface area contributed by atoms with Gasteiger partial charge in [0.05, 0.1) is 20.2 Å². The predicted octanol–water partition coefficient (Wildman–Crippen LogP) is 4.36. The number of benzene rings is 2. The summed E-state index contributed by atoms with van der Waals surface area (Å²) in [5, 5.41) is 11.4. The van der Waals surface area contributed by atoms with Crippen LogP contribution in [0.25, 0.3) is 6.08 Å². The van der Waals surface area contributed by atoms with Crippen molar-refractivity contribution in [1.29, 1.82) is 0 Å². The van der Waals surface area contributed by atoms with Gasteiger partial charge in [0.1, 0.15) is 30.3 Å². The molecule has 0 N–H and O–H groups in total. The van der Waals surface area contributed by atoms with Crippen LogP contribution in [-0.4, -0.2) is 32.3 Å². The lowest BCUT2D eigenvalue weighted by Crippen LogP contribution is -2.25. The van der Waals surface area contributed by atoms with Crippen LogP contribution in [0.2, 0.25) is 0 Å². The topological polar surface area (TPSA) is 84.9 Å². The summed E-state index contributed by atoms with van der Waals surface area (Å²) >= 11 is 7.96. The highest BCUT2D eigenvalue weighted by atomic mass is 127. The van der Waals surface area contributed by atoms with Gasteiger partial charge in [0, 0.05) is 12.7 Å². The number of hydrogen-bond donors (Lipinski definition) is 0. The van der Waals surface area contributed by atoms with Crippen LogP contribution in [0.4, 0.5) is 0 Å². The van der Waals surface area contributed by atoms with Gasteiger partial charge < -0.3 is 24.1 Å². The summed E-state index contributed by atoms with van der Waals surface area (Å²) in [6, 6.07) is 5.21. The fourth-order valence-corrected chi connectivity index (χ4v) is 7.29. The van der Waals surface area contributed by atoms with Crippen LogP contribution in [0.15, 0.2) is 24.8 Å². The second-order valence-electron chi connectivity index (χ2n) is 5.41. The molecule has 10 heteroatoms. The molecule has 2 aromatic carbocycles. The Bertz CT molecular complexity index is 974. The minimum absolute atomic E-state index is 0.0138. The van der Waals surface area contributed by atoms with Gasteiger partial charge in [-0.2, -0.15) is 0 Å². The Kier molecular flexibility index (Phi) is 9.72. The van der Waals surface area contributed by atoms with Crippen molar-refractivity contribution in [2.24, 2.45) is 0 Å². The summed E-state index contributed by atoms with van der Waals surface area (Å²) in [6.07, 6.45) is 1.67. The molecule has 0 bridgehead atoms. The van der Waals surface area contributed by atoms with Crippen molar-refractivity contribution in [2.75, 3.05) is 20.3 Å². The third kappa shape index (κ3) is 6.09. The molecule has 0 amide bonds. The van der Waals surface area contributed by atoms with Crippen LogP contribution >= 0.6 is 90.4 Å². The number of esters is 1. The maximum absolute atomic E-state index is 12.5. The molecule has 0 aromatic heterocycles. The van der Waals surface area contributed by atoms with Gasteiger partial charge in [-0.1, -0.05) is 12.7 Å². The molecule has 0 fully saturated rings. The first kappa shape index (κ1) is 24.9. The highest BCUT2D eigenvalue weighted by molar-refractivity contribution is 14.1. The van der Waals surface area contributed by atoms with Crippen molar-refractivity contribution in [2.45, 2.75) is 0 Å². The van der Waals surface area contributed by atoms with Gasteiger partial charge in [0.15, 0.2) is 0 Å². The molecule has 0 aliphatic rings. The zero-order chi connectivity index (χ0) is 21.7. The lowest BCUT2D eigenvalue weighted by atomic mass is 10.1. The van der Waals surface area contributed by atoms with Crippen LogP contribution in [0.3, 0.4) is 0 Å². The molecule has 29 heavy (non-hydrogen) atoms. The number of rotatable bonds is 8. The number of halogens is 4. The Morgan fingerprint density at radius 1 is 1.03 bits per heavy atom. The molecule has 0 spiro atoms. The van der Waals surface area contributed by atoms with Gasteiger partial charge in [0.25, 0.3) is 0 Å². The SMILES string of the molecule is C=Cc1cc(I)c(C(=O)OCCOc2c(I)cc(I)c(C(=O)[O-])c2I)c(OC)c1. The first-order valence-electron chi connectivity index (χ1n) is 7.90. The molecular formula is C19H13I4O6-. The van der Waals surface area contributed by atoms with Gasteiger partial charge >= 0.3 is 5.97 Å². The molecule has 6 nitrogen and oxygen atoms in total. The molecule has 0 unspecified atom stereocenters. The molecular weight excluding hydrogens is 832 g/mol. The normalized spacial score (nSPS) is 10.4. The predicted molar refractivity (Wildman–Crippen MR) is 141 cm³/mol. The van der Waals surface area contributed by atoms with E-state index in [4.69, 9.17) is 14.2 Å². The third-order valence-electron chi connectivity index (χ3n) is 3.63. The Hall–Kier alpha value is -0.360. The van der Waals surface area contributed by atoms with E-state index in [1.807, 2.05) is 67.8 Å². The summed E-state index contributed by atoms with van der Waals surface area (Å²) in [7, 11) is 1.48. The highest BCUT2D eigenvalue weighted by Gasteiger charge is 2.20. The molecule has 0 heterocycles. The lowest BCUT2D eigenvalue weighted by molar-refractivity contribution is -0.255. The van der Waals surface area contributed by atoms with Crippen molar-refractivity contribution in [3.05, 3.63) is 55.7 Å². The van der Waals surface area contributed by atoms with E-state index in [2.05, 4.69) is 29.2 Å². The maximum Gasteiger partial charge on any atom is 0.343 e. The molecule has 154 valence electrons. The third-order valence-corrected chi connectivity index (χ3v) is 7.16. The average Bonchev–Trinajstić information content (AvgIpc) is 2.65. The number of carbonyl (C=O) groups excluding carboxylic acids is 2. The smallest absolute Gasteiger partial charge is 0.343 e.